The van der Waals surface area contributed by atoms with Crippen LogP contribution in [0.3, 0.4) is 0 Å². The Kier molecular flexibility index (Phi) is 5.07. The predicted molar refractivity (Wildman–Crippen MR) is 100 cm³/mol. The van der Waals surface area contributed by atoms with E-state index in [9.17, 15) is 4.79 Å². The number of carbonyl (C=O) groups excluding carboxylic acids is 1. The lowest BCUT2D eigenvalue weighted by Crippen LogP contribution is -2.14. The lowest BCUT2D eigenvalue weighted by molar-refractivity contribution is 0.0595. The highest BCUT2D eigenvalue weighted by atomic mass is 16.5. The van der Waals surface area contributed by atoms with Crippen LogP contribution >= 0.6 is 0 Å². The largest absolute Gasteiger partial charge is 0.488 e. The van der Waals surface area contributed by atoms with Crippen molar-refractivity contribution < 1.29 is 19.0 Å². The second-order valence-electron chi connectivity index (χ2n) is 6.64. The van der Waals surface area contributed by atoms with E-state index >= 15 is 0 Å². The normalized spacial score (nSPS) is 15.0. The fourth-order valence-corrected chi connectivity index (χ4v) is 3.34. The zero-order valence-electron chi connectivity index (χ0n) is 15.3. The van der Waals surface area contributed by atoms with Gasteiger partial charge in [-0.25, -0.2) is 9.78 Å². The van der Waals surface area contributed by atoms with Gasteiger partial charge in [0.15, 0.2) is 0 Å². The minimum Gasteiger partial charge on any atom is -0.488 e. The van der Waals surface area contributed by atoms with Crippen molar-refractivity contribution in [3.8, 4) is 5.75 Å². The third kappa shape index (κ3) is 3.80. The van der Waals surface area contributed by atoms with Gasteiger partial charge >= 0.3 is 5.97 Å². The van der Waals surface area contributed by atoms with E-state index in [0.717, 1.165) is 43.0 Å². The maximum absolute atomic E-state index is 12.2. The lowest BCUT2D eigenvalue weighted by Gasteiger charge is -2.19. The van der Waals surface area contributed by atoms with Crippen molar-refractivity contribution in [1.82, 2.24) is 9.38 Å². The summed E-state index contributed by atoms with van der Waals surface area (Å²) >= 11 is 0. The monoisotopic (exact) mass is 366 g/mol. The summed E-state index contributed by atoms with van der Waals surface area (Å²) in [5.41, 5.74) is 3.19. The second-order valence-corrected chi connectivity index (χ2v) is 6.64. The van der Waals surface area contributed by atoms with Crippen LogP contribution in [0.2, 0.25) is 0 Å². The predicted octanol–water partition coefficient (Wildman–Crippen LogP) is 3.59. The molecule has 140 valence electrons. The van der Waals surface area contributed by atoms with Crippen molar-refractivity contribution in [1.29, 1.82) is 0 Å². The Hall–Kier alpha value is -2.86. The number of hydrogen-bond acceptors (Lipinski definition) is 5. The van der Waals surface area contributed by atoms with Gasteiger partial charge in [0, 0.05) is 37.6 Å². The van der Waals surface area contributed by atoms with Gasteiger partial charge in [0.25, 0.3) is 0 Å². The van der Waals surface area contributed by atoms with Crippen LogP contribution in [0.1, 0.15) is 40.4 Å². The average molecular weight is 366 g/mol. The van der Waals surface area contributed by atoms with Gasteiger partial charge < -0.3 is 18.6 Å². The van der Waals surface area contributed by atoms with E-state index in [-0.39, 0.29) is 0 Å². The number of methoxy groups -OCH3 is 1. The fraction of sp³-hybridized carbons (Fsp3) is 0.333. The van der Waals surface area contributed by atoms with E-state index < -0.39 is 5.97 Å². The molecule has 0 spiro atoms. The van der Waals surface area contributed by atoms with E-state index in [4.69, 9.17) is 19.2 Å². The summed E-state index contributed by atoms with van der Waals surface area (Å²) in [5.74, 6) is 0.428. The Morgan fingerprint density at radius 2 is 2.00 bits per heavy atom. The number of fused-ring (bicyclic) bond motifs is 1. The number of nitrogens with zero attached hydrogens (tertiary/aromatic N) is 2. The molecule has 1 fully saturated rings. The lowest BCUT2D eigenvalue weighted by atomic mass is 9.97. The van der Waals surface area contributed by atoms with Crippen molar-refractivity contribution in [3.05, 3.63) is 65.6 Å². The van der Waals surface area contributed by atoms with Crippen molar-refractivity contribution in [2.24, 2.45) is 0 Å². The first kappa shape index (κ1) is 17.5. The van der Waals surface area contributed by atoms with Gasteiger partial charge in [0.2, 0.25) is 0 Å². The molecule has 6 nitrogen and oxygen atoms in total. The average Bonchev–Trinajstić information content (AvgIpc) is 3.15. The highest BCUT2D eigenvalue weighted by Gasteiger charge is 2.21. The number of benzene rings is 1. The molecular formula is C21H22N2O4. The Labute approximate surface area is 157 Å². The molecule has 4 rings (SSSR count). The van der Waals surface area contributed by atoms with Gasteiger partial charge in [-0.1, -0.05) is 30.3 Å². The number of ether oxygens (including phenoxy) is 3. The Morgan fingerprint density at radius 3 is 2.74 bits per heavy atom. The molecule has 6 heteroatoms. The first-order valence-electron chi connectivity index (χ1n) is 9.10. The molecule has 3 aromatic rings. The third-order valence-corrected chi connectivity index (χ3v) is 4.86. The van der Waals surface area contributed by atoms with Crippen LogP contribution in [0.25, 0.3) is 5.65 Å². The molecule has 1 aromatic carbocycles. The molecule has 0 saturated carbocycles. The molecule has 27 heavy (non-hydrogen) atoms. The van der Waals surface area contributed by atoms with Crippen molar-refractivity contribution in [3.63, 3.8) is 0 Å². The molecule has 0 aliphatic carbocycles. The second kappa shape index (κ2) is 7.80. The molecule has 0 radical (unpaired) electrons. The van der Waals surface area contributed by atoms with E-state index in [1.807, 2.05) is 40.9 Å². The van der Waals surface area contributed by atoms with Crippen LogP contribution in [0, 0.1) is 0 Å². The van der Waals surface area contributed by atoms with Crippen LogP contribution in [0.15, 0.2) is 48.8 Å². The molecule has 0 bridgehead atoms. The smallest absolute Gasteiger partial charge is 0.343 e. The topological polar surface area (TPSA) is 62.1 Å². The molecular weight excluding hydrogens is 344 g/mol. The Morgan fingerprint density at radius 1 is 1.22 bits per heavy atom. The number of pyridine rings is 1. The number of aromatic nitrogens is 2. The number of imidazole rings is 1. The summed E-state index contributed by atoms with van der Waals surface area (Å²) < 4.78 is 18.2. The molecule has 1 saturated heterocycles. The molecule has 0 amide bonds. The summed E-state index contributed by atoms with van der Waals surface area (Å²) in [4.78, 5) is 17.0. The highest BCUT2D eigenvalue weighted by molar-refractivity contribution is 5.92. The van der Waals surface area contributed by atoms with Crippen LogP contribution in [-0.4, -0.2) is 35.7 Å². The maximum atomic E-state index is 12.2. The van der Waals surface area contributed by atoms with Gasteiger partial charge in [0.1, 0.15) is 23.6 Å². The standard InChI is InChI=1S/C21H22N2O4/c1-25-21(24)17-12-23-13-18(16-7-9-26-10-8-16)22-20(23)11-19(17)27-14-15-5-3-2-4-6-15/h2-6,11-13,16H,7-10,14H2,1H3. The van der Waals surface area contributed by atoms with E-state index in [0.29, 0.717) is 23.8 Å². The molecule has 0 N–H and O–H groups in total. The molecule has 1 aliphatic rings. The summed E-state index contributed by atoms with van der Waals surface area (Å²) in [7, 11) is 1.37. The first-order chi connectivity index (χ1) is 13.2. The fourth-order valence-electron chi connectivity index (χ4n) is 3.34. The Balaban J connectivity index is 1.66. The van der Waals surface area contributed by atoms with Gasteiger partial charge in [-0.15, -0.1) is 0 Å². The van der Waals surface area contributed by atoms with Gasteiger partial charge in [-0.2, -0.15) is 0 Å². The zero-order chi connectivity index (χ0) is 18.6. The molecule has 1 aliphatic heterocycles. The number of rotatable bonds is 5. The summed E-state index contributed by atoms with van der Waals surface area (Å²) in [6.45, 7) is 1.89. The van der Waals surface area contributed by atoms with Gasteiger partial charge in [-0.3, -0.25) is 0 Å². The van der Waals surface area contributed by atoms with E-state index in [1.54, 1.807) is 12.3 Å². The SMILES string of the molecule is COC(=O)c1cn2cc(C3CCOCC3)nc2cc1OCc1ccccc1. The maximum Gasteiger partial charge on any atom is 0.343 e. The molecule has 3 heterocycles. The minimum absolute atomic E-state index is 0.370. The summed E-state index contributed by atoms with van der Waals surface area (Å²) in [6, 6.07) is 11.6. The van der Waals surface area contributed by atoms with Crippen molar-refractivity contribution in [2.75, 3.05) is 20.3 Å². The third-order valence-electron chi connectivity index (χ3n) is 4.86. The Bertz CT molecular complexity index is 930. The van der Waals surface area contributed by atoms with Crippen LogP contribution in [-0.2, 0) is 16.1 Å². The van der Waals surface area contributed by atoms with Gasteiger partial charge in [0.05, 0.1) is 12.8 Å². The molecule has 2 aromatic heterocycles. The van der Waals surface area contributed by atoms with Crippen LogP contribution < -0.4 is 4.74 Å². The zero-order valence-corrected chi connectivity index (χ0v) is 15.3. The van der Waals surface area contributed by atoms with Crippen molar-refractivity contribution >= 4 is 11.6 Å². The summed E-state index contributed by atoms with van der Waals surface area (Å²) in [6.07, 6.45) is 5.65. The number of esters is 1. The van der Waals surface area contributed by atoms with Crippen LogP contribution in [0.5, 0.6) is 5.75 Å². The summed E-state index contributed by atoms with van der Waals surface area (Å²) in [5, 5.41) is 0. The number of hydrogen-bond donors (Lipinski definition) is 0. The molecule has 0 unspecified atom stereocenters. The van der Waals surface area contributed by atoms with Crippen LogP contribution in [0.4, 0.5) is 0 Å². The quantitative estimate of drug-likeness (QED) is 0.646. The number of carbonyl (C=O) groups is 1. The highest BCUT2D eigenvalue weighted by Crippen LogP contribution is 2.29. The van der Waals surface area contributed by atoms with Crippen molar-refractivity contribution in [2.45, 2.75) is 25.4 Å². The van der Waals surface area contributed by atoms with E-state index in [2.05, 4.69) is 0 Å². The minimum atomic E-state index is -0.429. The van der Waals surface area contributed by atoms with E-state index in [1.165, 1.54) is 7.11 Å². The van der Waals surface area contributed by atoms with Gasteiger partial charge in [-0.05, 0) is 18.4 Å². The first-order valence-corrected chi connectivity index (χ1v) is 9.10. The molecule has 0 atom stereocenters.